The Morgan fingerprint density at radius 1 is 0.933 bits per heavy atom. The Bertz CT molecular complexity index is 337. The molecule has 2 unspecified atom stereocenters. The Kier molecular flexibility index (Phi) is 1.65. The van der Waals surface area contributed by atoms with Crippen LogP contribution in [0.5, 0.6) is 0 Å². The normalized spacial score (nSPS) is 43.5. The summed E-state index contributed by atoms with van der Waals surface area (Å²) in [6.07, 6.45) is 9.17. The number of hydrogen-bond acceptors (Lipinski definition) is 3. The van der Waals surface area contributed by atoms with Gasteiger partial charge in [-0.3, -0.25) is 9.59 Å². The fourth-order valence-corrected chi connectivity index (χ4v) is 3.54. The van der Waals surface area contributed by atoms with Crippen LogP contribution in [0.3, 0.4) is 0 Å². The van der Waals surface area contributed by atoms with E-state index in [1.807, 2.05) is 12.2 Å². The van der Waals surface area contributed by atoms with E-state index in [2.05, 4.69) is 0 Å². The van der Waals surface area contributed by atoms with Crippen LogP contribution in [-0.4, -0.2) is 11.9 Å². The molecule has 0 aromatic rings. The SMILES string of the molecule is O=C1OC(=O)C23CC=CCC12CCCC3. The van der Waals surface area contributed by atoms with Gasteiger partial charge in [0, 0.05) is 0 Å². The average molecular weight is 206 g/mol. The maximum absolute atomic E-state index is 11.9. The average Bonchev–Trinajstić information content (AvgIpc) is 2.50. The van der Waals surface area contributed by atoms with E-state index in [0.717, 1.165) is 25.7 Å². The van der Waals surface area contributed by atoms with Crippen LogP contribution >= 0.6 is 0 Å². The standard InChI is InChI=1S/C12H14O3/c13-9-11-5-1-2-6-12(11,10(14)15-9)8-4-3-7-11/h1-2H,3-8H2. The molecule has 1 saturated carbocycles. The molecule has 1 aliphatic heterocycles. The Hall–Kier alpha value is -1.12. The lowest BCUT2D eigenvalue weighted by atomic mass is 9.53. The number of cyclic esters (lactones) is 2. The highest BCUT2D eigenvalue weighted by Gasteiger charge is 2.68. The van der Waals surface area contributed by atoms with Gasteiger partial charge < -0.3 is 4.74 Å². The highest BCUT2D eigenvalue weighted by atomic mass is 16.6. The summed E-state index contributed by atoms with van der Waals surface area (Å²) in [7, 11) is 0. The molecule has 15 heavy (non-hydrogen) atoms. The molecule has 80 valence electrons. The number of carbonyl (C=O) groups is 2. The summed E-state index contributed by atoms with van der Waals surface area (Å²) >= 11 is 0. The van der Waals surface area contributed by atoms with Crippen molar-refractivity contribution in [1.29, 1.82) is 0 Å². The molecule has 0 amide bonds. The van der Waals surface area contributed by atoms with Crippen molar-refractivity contribution in [3.63, 3.8) is 0 Å². The molecule has 0 bridgehead atoms. The molecular formula is C12H14O3. The number of carbonyl (C=O) groups excluding carboxylic acids is 2. The van der Waals surface area contributed by atoms with Crippen molar-refractivity contribution in [2.24, 2.45) is 10.8 Å². The molecular weight excluding hydrogens is 192 g/mol. The van der Waals surface area contributed by atoms with Crippen molar-refractivity contribution in [3.05, 3.63) is 12.2 Å². The fourth-order valence-electron chi connectivity index (χ4n) is 3.54. The van der Waals surface area contributed by atoms with E-state index in [9.17, 15) is 9.59 Å². The van der Waals surface area contributed by atoms with E-state index in [-0.39, 0.29) is 11.9 Å². The lowest BCUT2D eigenvalue weighted by Gasteiger charge is -2.44. The third-order valence-corrected chi connectivity index (χ3v) is 4.44. The quantitative estimate of drug-likeness (QED) is 0.346. The molecule has 2 fully saturated rings. The first-order valence-electron chi connectivity index (χ1n) is 5.63. The van der Waals surface area contributed by atoms with Gasteiger partial charge in [-0.25, -0.2) is 0 Å². The van der Waals surface area contributed by atoms with E-state index in [1.54, 1.807) is 0 Å². The summed E-state index contributed by atoms with van der Waals surface area (Å²) in [6, 6.07) is 0. The van der Waals surface area contributed by atoms with Gasteiger partial charge in [-0.05, 0) is 25.7 Å². The number of esters is 2. The van der Waals surface area contributed by atoms with Crippen LogP contribution in [0.1, 0.15) is 38.5 Å². The zero-order chi connectivity index (χ0) is 10.5. The summed E-state index contributed by atoms with van der Waals surface area (Å²) in [6.45, 7) is 0. The monoisotopic (exact) mass is 206 g/mol. The van der Waals surface area contributed by atoms with Crippen LogP contribution in [-0.2, 0) is 14.3 Å². The van der Waals surface area contributed by atoms with Gasteiger partial charge in [-0.15, -0.1) is 0 Å². The molecule has 2 atom stereocenters. The Morgan fingerprint density at radius 2 is 1.40 bits per heavy atom. The van der Waals surface area contributed by atoms with Gasteiger partial charge in [-0.1, -0.05) is 25.0 Å². The largest absolute Gasteiger partial charge is 0.392 e. The fraction of sp³-hybridized carbons (Fsp3) is 0.667. The molecule has 0 aromatic carbocycles. The smallest absolute Gasteiger partial charge is 0.321 e. The Morgan fingerprint density at radius 3 is 1.87 bits per heavy atom. The van der Waals surface area contributed by atoms with Gasteiger partial charge >= 0.3 is 11.9 Å². The van der Waals surface area contributed by atoms with Gasteiger partial charge in [0.25, 0.3) is 0 Å². The van der Waals surface area contributed by atoms with Gasteiger partial charge in [0.15, 0.2) is 0 Å². The van der Waals surface area contributed by atoms with E-state index in [0.29, 0.717) is 12.8 Å². The van der Waals surface area contributed by atoms with Crippen molar-refractivity contribution < 1.29 is 14.3 Å². The van der Waals surface area contributed by atoms with Crippen molar-refractivity contribution in [2.45, 2.75) is 38.5 Å². The minimum absolute atomic E-state index is 0.267. The highest BCUT2D eigenvalue weighted by Crippen LogP contribution is 2.61. The molecule has 0 radical (unpaired) electrons. The molecule has 3 aliphatic rings. The third kappa shape index (κ3) is 0.869. The van der Waals surface area contributed by atoms with E-state index >= 15 is 0 Å². The van der Waals surface area contributed by atoms with E-state index in [1.165, 1.54) is 0 Å². The molecule has 1 saturated heterocycles. The second-order valence-electron chi connectivity index (χ2n) is 4.93. The van der Waals surface area contributed by atoms with Crippen LogP contribution in [0.4, 0.5) is 0 Å². The lowest BCUT2D eigenvalue weighted by molar-refractivity contribution is -0.155. The maximum atomic E-state index is 11.9. The second-order valence-corrected chi connectivity index (χ2v) is 4.93. The first kappa shape index (κ1) is 9.13. The first-order chi connectivity index (χ1) is 7.21. The van der Waals surface area contributed by atoms with Crippen molar-refractivity contribution >= 4 is 11.9 Å². The summed E-state index contributed by atoms with van der Waals surface area (Å²) in [5, 5.41) is 0. The summed E-state index contributed by atoms with van der Waals surface area (Å²) in [4.78, 5) is 23.8. The number of hydrogen-bond donors (Lipinski definition) is 0. The summed E-state index contributed by atoms with van der Waals surface area (Å²) < 4.78 is 4.92. The highest BCUT2D eigenvalue weighted by molar-refractivity contribution is 6.02. The van der Waals surface area contributed by atoms with Crippen LogP contribution < -0.4 is 0 Å². The van der Waals surface area contributed by atoms with Gasteiger partial charge in [0.2, 0.25) is 0 Å². The van der Waals surface area contributed by atoms with Crippen molar-refractivity contribution in [2.75, 3.05) is 0 Å². The minimum atomic E-state index is -0.503. The first-order valence-corrected chi connectivity index (χ1v) is 5.63. The third-order valence-electron chi connectivity index (χ3n) is 4.44. The van der Waals surface area contributed by atoms with Crippen LogP contribution in [0.15, 0.2) is 12.2 Å². The number of rotatable bonds is 0. The Balaban J connectivity index is 2.17. The predicted molar refractivity (Wildman–Crippen MR) is 52.8 cm³/mol. The van der Waals surface area contributed by atoms with Crippen molar-refractivity contribution in [1.82, 2.24) is 0 Å². The molecule has 0 spiro atoms. The van der Waals surface area contributed by atoms with Crippen LogP contribution in [0.25, 0.3) is 0 Å². The molecule has 3 nitrogen and oxygen atoms in total. The summed E-state index contributed by atoms with van der Waals surface area (Å²) in [5.74, 6) is -0.534. The topological polar surface area (TPSA) is 43.4 Å². The molecule has 3 heteroatoms. The molecule has 0 N–H and O–H groups in total. The van der Waals surface area contributed by atoms with Gasteiger partial charge in [0.1, 0.15) is 0 Å². The molecule has 0 aromatic heterocycles. The van der Waals surface area contributed by atoms with Crippen LogP contribution in [0, 0.1) is 10.8 Å². The van der Waals surface area contributed by atoms with Gasteiger partial charge in [0.05, 0.1) is 10.8 Å². The van der Waals surface area contributed by atoms with Crippen molar-refractivity contribution in [3.8, 4) is 0 Å². The predicted octanol–water partition coefficient (Wildman–Crippen LogP) is 1.97. The molecule has 3 rings (SSSR count). The van der Waals surface area contributed by atoms with E-state index in [4.69, 9.17) is 4.74 Å². The molecule has 2 aliphatic carbocycles. The maximum Gasteiger partial charge on any atom is 0.321 e. The van der Waals surface area contributed by atoms with Gasteiger partial charge in [-0.2, -0.15) is 0 Å². The Labute approximate surface area is 88.5 Å². The molecule has 1 heterocycles. The van der Waals surface area contributed by atoms with Crippen LogP contribution in [0.2, 0.25) is 0 Å². The lowest BCUT2D eigenvalue weighted by Crippen LogP contribution is -2.48. The number of allylic oxidation sites excluding steroid dienone is 2. The zero-order valence-corrected chi connectivity index (χ0v) is 8.62. The van der Waals surface area contributed by atoms with E-state index < -0.39 is 10.8 Å². The zero-order valence-electron chi connectivity index (χ0n) is 8.62. The number of ether oxygens (including phenoxy) is 1. The second kappa shape index (κ2) is 2.71. The summed E-state index contributed by atoms with van der Waals surface area (Å²) in [5.41, 5.74) is -1.01. The minimum Gasteiger partial charge on any atom is -0.392 e.